The van der Waals surface area contributed by atoms with Crippen molar-refractivity contribution in [2.75, 3.05) is 0 Å². The zero-order valence-corrected chi connectivity index (χ0v) is 9.55. The summed E-state index contributed by atoms with van der Waals surface area (Å²) in [5, 5.41) is 15.3. The Hall–Kier alpha value is -1.88. The lowest BCUT2D eigenvalue weighted by molar-refractivity contribution is 0.0698. The molecule has 0 fully saturated rings. The Morgan fingerprint density at radius 3 is 2.88 bits per heavy atom. The minimum atomic E-state index is -1.15. The SMILES string of the molecule is Cc1cc(Cl)c(-c2[nH]ncc2C(=O)O)cc1F. The maximum absolute atomic E-state index is 13.4. The van der Waals surface area contributed by atoms with Gasteiger partial charge in [-0.05, 0) is 24.6 Å². The van der Waals surface area contributed by atoms with Crippen LogP contribution in [0.1, 0.15) is 15.9 Å². The van der Waals surface area contributed by atoms with E-state index in [1.54, 1.807) is 6.92 Å². The van der Waals surface area contributed by atoms with E-state index < -0.39 is 11.8 Å². The Kier molecular flexibility index (Phi) is 2.85. The van der Waals surface area contributed by atoms with Crippen LogP contribution in [0.2, 0.25) is 5.02 Å². The Morgan fingerprint density at radius 2 is 2.24 bits per heavy atom. The van der Waals surface area contributed by atoms with Crippen molar-refractivity contribution in [2.45, 2.75) is 6.92 Å². The van der Waals surface area contributed by atoms with Gasteiger partial charge in [0.05, 0.1) is 16.9 Å². The second-order valence-corrected chi connectivity index (χ2v) is 3.95. The number of aromatic amines is 1. The van der Waals surface area contributed by atoms with Crippen molar-refractivity contribution in [3.63, 3.8) is 0 Å². The maximum Gasteiger partial charge on any atom is 0.339 e. The highest BCUT2D eigenvalue weighted by molar-refractivity contribution is 6.33. The van der Waals surface area contributed by atoms with Gasteiger partial charge in [0.25, 0.3) is 0 Å². The Labute approximate surface area is 101 Å². The first-order valence-corrected chi connectivity index (χ1v) is 5.11. The zero-order chi connectivity index (χ0) is 12.6. The molecule has 0 amide bonds. The molecule has 2 N–H and O–H groups in total. The molecule has 1 heterocycles. The van der Waals surface area contributed by atoms with Gasteiger partial charge >= 0.3 is 5.97 Å². The zero-order valence-electron chi connectivity index (χ0n) is 8.79. The van der Waals surface area contributed by atoms with Crippen molar-refractivity contribution in [1.82, 2.24) is 10.2 Å². The van der Waals surface area contributed by atoms with Crippen molar-refractivity contribution in [1.29, 1.82) is 0 Å². The van der Waals surface area contributed by atoms with Crippen LogP contribution >= 0.6 is 11.6 Å². The molecule has 6 heteroatoms. The summed E-state index contributed by atoms with van der Waals surface area (Å²) >= 11 is 5.96. The van der Waals surface area contributed by atoms with E-state index in [2.05, 4.69) is 10.2 Å². The number of H-pyrrole nitrogens is 1. The molecule has 2 aromatic rings. The first-order valence-electron chi connectivity index (χ1n) is 4.73. The maximum atomic E-state index is 13.4. The van der Waals surface area contributed by atoms with Crippen molar-refractivity contribution >= 4 is 17.6 Å². The predicted octanol–water partition coefficient (Wildman–Crippen LogP) is 2.88. The second-order valence-electron chi connectivity index (χ2n) is 3.55. The van der Waals surface area contributed by atoms with Gasteiger partial charge in [-0.3, -0.25) is 5.10 Å². The molecule has 88 valence electrons. The molecule has 0 atom stereocenters. The topological polar surface area (TPSA) is 66.0 Å². The quantitative estimate of drug-likeness (QED) is 0.866. The van der Waals surface area contributed by atoms with Crippen LogP contribution in [-0.4, -0.2) is 21.3 Å². The molecule has 0 bridgehead atoms. The van der Waals surface area contributed by atoms with Crippen molar-refractivity contribution < 1.29 is 14.3 Å². The number of aryl methyl sites for hydroxylation is 1. The van der Waals surface area contributed by atoms with E-state index in [4.69, 9.17) is 16.7 Å². The lowest BCUT2D eigenvalue weighted by atomic mass is 10.1. The highest BCUT2D eigenvalue weighted by atomic mass is 35.5. The smallest absolute Gasteiger partial charge is 0.339 e. The molecule has 17 heavy (non-hydrogen) atoms. The molecule has 0 aliphatic rings. The molecule has 0 aliphatic heterocycles. The monoisotopic (exact) mass is 254 g/mol. The molecular formula is C11H8ClFN2O2. The van der Waals surface area contributed by atoms with Crippen LogP contribution in [0.3, 0.4) is 0 Å². The van der Waals surface area contributed by atoms with E-state index in [0.29, 0.717) is 5.56 Å². The summed E-state index contributed by atoms with van der Waals surface area (Å²) in [6.07, 6.45) is 1.16. The summed E-state index contributed by atoms with van der Waals surface area (Å²) in [7, 11) is 0. The molecule has 0 aliphatic carbocycles. The summed E-state index contributed by atoms with van der Waals surface area (Å²) in [5.41, 5.74) is 0.830. The predicted molar refractivity (Wildman–Crippen MR) is 60.7 cm³/mol. The molecule has 1 aromatic carbocycles. The fourth-order valence-corrected chi connectivity index (χ4v) is 1.80. The van der Waals surface area contributed by atoms with Gasteiger partial charge in [0.15, 0.2) is 0 Å². The Bertz CT molecular complexity index is 595. The second kappa shape index (κ2) is 4.18. The fourth-order valence-electron chi connectivity index (χ4n) is 1.49. The van der Waals surface area contributed by atoms with E-state index in [1.807, 2.05) is 0 Å². The number of halogens is 2. The third-order valence-corrected chi connectivity index (χ3v) is 2.70. The Morgan fingerprint density at radius 1 is 1.53 bits per heavy atom. The summed E-state index contributed by atoms with van der Waals surface area (Å²) in [6, 6.07) is 2.64. The van der Waals surface area contributed by atoms with Crippen LogP contribution in [0, 0.1) is 12.7 Å². The highest BCUT2D eigenvalue weighted by Crippen LogP contribution is 2.30. The molecule has 2 rings (SSSR count). The van der Waals surface area contributed by atoms with E-state index >= 15 is 0 Å². The molecule has 4 nitrogen and oxygen atoms in total. The van der Waals surface area contributed by atoms with E-state index in [9.17, 15) is 9.18 Å². The van der Waals surface area contributed by atoms with Gasteiger partial charge in [-0.1, -0.05) is 11.6 Å². The summed E-state index contributed by atoms with van der Waals surface area (Å²) in [5.74, 6) is -1.60. The van der Waals surface area contributed by atoms with E-state index in [0.717, 1.165) is 6.20 Å². The van der Waals surface area contributed by atoms with Gasteiger partial charge in [-0.2, -0.15) is 5.10 Å². The van der Waals surface area contributed by atoms with Crippen LogP contribution in [0.15, 0.2) is 18.3 Å². The first-order chi connectivity index (χ1) is 8.00. The number of carbonyl (C=O) groups is 1. The van der Waals surface area contributed by atoms with E-state index in [1.165, 1.54) is 12.1 Å². The number of hydrogen-bond acceptors (Lipinski definition) is 2. The third-order valence-electron chi connectivity index (χ3n) is 2.39. The molecule has 0 saturated heterocycles. The molecule has 0 spiro atoms. The average Bonchev–Trinajstić information content (AvgIpc) is 2.72. The van der Waals surface area contributed by atoms with Crippen LogP contribution in [0.4, 0.5) is 4.39 Å². The number of aromatic nitrogens is 2. The average molecular weight is 255 g/mol. The van der Waals surface area contributed by atoms with Gasteiger partial charge in [-0.25, -0.2) is 9.18 Å². The summed E-state index contributed by atoms with van der Waals surface area (Å²) in [4.78, 5) is 10.9. The van der Waals surface area contributed by atoms with Gasteiger partial charge < -0.3 is 5.11 Å². The van der Waals surface area contributed by atoms with Crippen molar-refractivity contribution in [2.24, 2.45) is 0 Å². The lowest BCUT2D eigenvalue weighted by Crippen LogP contribution is -1.98. The van der Waals surface area contributed by atoms with Gasteiger partial charge in [0, 0.05) is 5.56 Å². The standard InChI is InChI=1S/C11H8ClFN2O2/c1-5-2-8(12)6(3-9(5)13)10-7(11(16)17)4-14-15-10/h2-4H,1H3,(H,14,15)(H,16,17). The number of nitrogens with one attached hydrogen (secondary N) is 1. The summed E-state index contributed by atoms with van der Waals surface area (Å²) in [6.45, 7) is 1.58. The van der Waals surface area contributed by atoms with Crippen LogP contribution in [0.5, 0.6) is 0 Å². The first kappa shape index (κ1) is 11.6. The number of carboxylic acid groups (broad SMARTS) is 1. The summed E-state index contributed by atoms with van der Waals surface area (Å²) < 4.78 is 13.4. The lowest BCUT2D eigenvalue weighted by Gasteiger charge is -2.05. The highest BCUT2D eigenvalue weighted by Gasteiger charge is 2.17. The molecule has 1 aromatic heterocycles. The third kappa shape index (κ3) is 2.01. The number of rotatable bonds is 2. The number of carboxylic acids is 1. The minimum absolute atomic E-state index is 0.0462. The van der Waals surface area contributed by atoms with Crippen LogP contribution < -0.4 is 0 Å². The number of benzene rings is 1. The molecular weight excluding hydrogens is 247 g/mol. The Balaban J connectivity index is 2.64. The number of nitrogens with zero attached hydrogens (tertiary/aromatic N) is 1. The molecule has 0 saturated carbocycles. The molecule has 0 radical (unpaired) electrons. The van der Waals surface area contributed by atoms with Crippen molar-refractivity contribution in [3.8, 4) is 11.3 Å². The largest absolute Gasteiger partial charge is 0.478 e. The normalized spacial score (nSPS) is 10.5. The fraction of sp³-hybridized carbons (Fsp3) is 0.0909. The van der Waals surface area contributed by atoms with Crippen molar-refractivity contribution in [3.05, 3.63) is 40.3 Å². The van der Waals surface area contributed by atoms with Gasteiger partial charge in [-0.15, -0.1) is 0 Å². The van der Waals surface area contributed by atoms with Crippen LogP contribution in [-0.2, 0) is 0 Å². The van der Waals surface area contributed by atoms with Crippen LogP contribution in [0.25, 0.3) is 11.3 Å². The number of hydrogen-bond donors (Lipinski definition) is 2. The molecule has 0 unspecified atom stereocenters. The minimum Gasteiger partial charge on any atom is -0.478 e. The van der Waals surface area contributed by atoms with Gasteiger partial charge in [0.1, 0.15) is 11.4 Å². The van der Waals surface area contributed by atoms with Gasteiger partial charge in [0.2, 0.25) is 0 Å². The van der Waals surface area contributed by atoms with E-state index in [-0.39, 0.29) is 21.8 Å². The number of aromatic carboxylic acids is 1.